The molecule has 16 nitrogen and oxygen atoms in total. The fraction of sp³-hybridized carbons (Fsp3) is 0.608. The van der Waals surface area contributed by atoms with Gasteiger partial charge in [-0.3, -0.25) is 9.05 Å². The molecule has 0 amide bonds. The van der Waals surface area contributed by atoms with Gasteiger partial charge in [0.15, 0.2) is 17.2 Å². The van der Waals surface area contributed by atoms with Gasteiger partial charge in [0, 0.05) is 6.61 Å². The van der Waals surface area contributed by atoms with Crippen molar-refractivity contribution in [2.75, 3.05) is 32.7 Å². The smallest absolute Gasteiger partial charge is 0.495 e. The summed E-state index contributed by atoms with van der Waals surface area (Å²) in [6.45, 7) is 6.11. The zero-order valence-corrected chi connectivity index (χ0v) is 42.1. The highest BCUT2D eigenvalue weighted by atomic mass is 35.5. The van der Waals surface area contributed by atoms with Crippen molar-refractivity contribution in [3.63, 3.8) is 0 Å². The van der Waals surface area contributed by atoms with E-state index in [0.717, 1.165) is 24.8 Å². The van der Waals surface area contributed by atoms with Crippen molar-refractivity contribution in [3.05, 3.63) is 82.8 Å². The van der Waals surface area contributed by atoms with Gasteiger partial charge in [-0.2, -0.15) is 15.6 Å². The summed E-state index contributed by atoms with van der Waals surface area (Å²) < 4.78 is 72.6. The normalized spacial score (nSPS) is 23.4. The molecule has 3 aliphatic rings. The summed E-state index contributed by atoms with van der Waals surface area (Å²) in [7, 11) is -3.14. The number of benzene rings is 2. The summed E-state index contributed by atoms with van der Waals surface area (Å²) in [5.41, 5.74) is 4.94. The quantitative estimate of drug-likeness (QED) is 0.0368. The van der Waals surface area contributed by atoms with Crippen molar-refractivity contribution in [3.8, 4) is 23.6 Å². The average molecular weight is 992 g/mol. The molecule has 2 aromatic carbocycles. The molecule has 1 saturated carbocycles. The lowest BCUT2D eigenvalue weighted by atomic mass is 9.90. The van der Waals surface area contributed by atoms with E-state index in [2.05, 4.69) is 29.1 Å². The molecule has 1 aliphatic carbocycles. The Morgan fingerprint density at radius 2 is 1.57 bits per heavy atom. The fourth-order valence-electron chi connectivity index (χ4n) is 9.42. The Morgan fingerprint density at radius 3 is 2.22 bits per heavy atom. The first-order valence-electron chi connectivity index (χ1n) is 24.6. The van der Waals surface area contributed by atoms with Gasteiger partial charge in [-0.1, -0.05) is 133 Å². The Bertz CT molecular complexity index is 2450. The lowest BCUT2D eigenvalue weighted by molar-refractivity contribution is -0.188. The van der Waals surface area contributed by atoms with Crippen LogP contribution >= 0.6 is 19.4 Å². The molecule has 18 heteroatoms. The van der Waals surface area contributed by atoms with Crippen molar-refractivity contribution in [1.29, 1.82) is 10.5 Å². The van der Waals surface area contributed by atoms with E-state index >= 15 is 4.57 Å². The van der Waals surface area contributed by atoms with Crippen LogP contribution in [0.25, 0.3) is 5.52 Å². The number of unbranched alkanes of at least 4 members (excludes halogenated alkanes) is 15. The maximum absolute atomic E-state index is 15.1. The predicted octanol–water partition coefficient (Wildman–Crippen LogP) is 11.3. The van der Waals surface area contributed by atoms with E-state index in [1.54, 1.807) is 68.4 Å². The molecule has 4 heterocycles. The number of methoxy groups -OCH3 is 1. The second kappa shape index (κ2) is 24.2. The molecule has 2 saturated heterocycles. The highest BCUT2D eigenvalue weighted by Gasteiger charge is 2.89. The minimum absolute atomic E-state index is 0.0531. The van der Waals surface area contributed by atoms with Gasteiger partial charge in [0.05, 0.1) is 43.2 Å². The lowest BCUT2D eigenvalue weighted by Crippen LogP contribution is -2.46. The molecule has 3 fully saturated rings. The number of hydrogen-bond acceptors (Lipinski definition) is 15. The number of nitrogens with two attached hydrogens (primary N) is 1. The first-order chi connectivity index (χ1) is 33.4. The number of para-hydroxylation sites is 1. The number of ether oxygens (including phenoxy) is 6. The molecule has 4 aromatic rings. The standard InChI is InChI=1S/C51H68ClN6O10P/c1-5-6-7-8-9-10-11-12-13-14-15-16-17-18-19-22-29-61-33-39(62-32-37-25-26-38(31-53)43(30-37)60-4)34-63-69(59,66-42-24-21-20-23-40(42)52)67-46-45-51(46)48(65-49(2,3)68-51)50(35-54,64-45)44-28-27-41-47(55)56-36-57-58(41)44/h20-21,23-28,30,36,39,45-46,48H,5-19,22,29,32-34H2,1-4H3,(H2,55,56,57)/t39-,45-,46?,48+,50+,51+,69?/m1/s1. The van der Waals surface area contributed by atoms with Gasteiger partial charge in [-0.05, 0) is 62.2 Å². The first-order valence-corrected chi connectivity index (χ1v) is 26.5. The molecule has 2 aliphatic heterocycles. The largest absolute Gasteiger partial charge is 0.530 e. The van der Waals surface area contributed by atoms with Gasteiger partial charge < -0.3 is 38.7 Å². The second-order valence-electron chi connectivity index (χ2n) is 18.6. The van der Waals surface area contributed by atoms with E-state index in [9.17, 15) is 10.5 Å². The molecule has 69 heavy (non-hydrogen) atoms. The number of nitrogen functional groups attached to an aromatic ring is 1. The van der Waals surface area contributed by atoms with Crippen LogP contribution in [0.15, 0.2) is 60.9 Å². The summed E-state index contributed by atoms with van der Waals surface area (Å²) in [4.78, 5) is 4.07. The molecule has 0 radical (unpaired) electrons. The van der Waals surface area contributed by atoms with Gasteiger partial charge in [0.2, 0.25) is 5.60 Å². The van der Waals surface area contributed by atoms with E-state index in [-0.39, 0.29) is 36.4 Å². The number of nitriles is 2. The monoisotopic (exact) mass is 990 g/mol. The van der Waals surface area contributed by atoms with Gasteiger partial charge >= 0.3 is 7.82 Å². The third-order valence-electron chi connectivity index (χ3n) is 13.0. The van der Waals surface area contributed by atoms with Gasteiger partial charge in [-0.15, -0.1) is 0 Å². The number of aromatic nitrogens is 3. The Hall–Kier alpha value is -4.32. The zero-order chi connectivity index (χ0) is 48.9. The molecular weight excluding hydrogens is 923 g/mol. The van der Waals surface area contributed by atoms with Crippen LogP contribution in [0.5, 0.6) is 11.5 Å². The van der Waals surface area contributed by atoms with E-state index in [4.69, 9.17) is 59.3 Å². The molecule has 0 bridgehead atoms. The average Bonchev–Trinajstić information content (AvgIpc) is 3.65. The Kier molecular flexibility index (Phi) is 18.4. The van der Waals surface area contributed by atoms with Crippen molar-refractivity contribution in [2.45, 2.75) is 172 Å². The van der Waals surface area contributed by atoms with E-state index in [0.29, 0.717) is 29.1 Å². The number of nitrogens with zero attached hydrogens (tertiary/aromatic N) is 5. The zero-order valence-electron chi connectivity index (χ0n) is 40.4. The van der Waals surface area contributed by atoms with E-state index in [1.165, 1.54) is 101 Å². The molecule has 2 N–H and O–H groups in total. The van der Waals surface area contributed by atoms with Crippen molar-refractivity contribution >= 4 is 30.8 Å². The summed E-state index contributed by atoms with van der Waals surface area (Å²) in [6, 6.07) is 19.5. The summed E-state index contributed by atoms with van der Waals surface area (Å²) in [6.07, 6.45) is 17.8. The first kappa shape index (κ1) is 52.5. The fourth-order valence-corrected chi connectivity index (χ4v) is 11.1. The van der Waals surface area contributed by atoms with Gasteiger partial charge in [0.25, 0.3) is 0 Å². The maximum Gasteiger partial charge on any atom is 0.530 e. The number of hydrogen-bond donors (Lipinski definition) is 1. The number of anilines is 1. The Labute approximate surface area is 411 Å². The molecular formula is C51H68ClN6O10P. The molecule has 7 rings (SSSR count). The summed E-state index contributed by atoms with van der Waals surface area (Å²) in [5.74, 6) is -0.528. The van der Waals surface area contributed by atoms with Crippen LogP contribution in [0.4, 0.5) is 5.82 Å². The highest BCUT2D eigenvalue weighted by Crippen LogP contribution is 2.70. The highest BCUT2D eigenvalue weighted by molar-refractivity contribution is 7.49. The Balaban J connectivity index is 0.983. The van der Waals surface area contributed by atoms with Gasteiger partial charge in [0.1, 0.15) is 59.9 Å². The van der Waals surface area contributed by atoms with Crippen molar-refractivity contribution in [1.82, 2.24) is 14.6 Å². The minimum atomic E-state index is -4.64. The number of rotatable bonds is 31. The number of phosphoric acid groups is 1. The molecule has 374 valence electrons. The molecule has 1 spiro atoms. The number of phosphoric ester groups is 1. The predicted molar refractivity (Wildman–Crippen MR) is 259 cm³/mol. The van der Waals surface area contributed by atoms with Crippen LogP contribution in [-0.2, 0) is 49.5 Å². The van der Waals surface area contributed by atoms with Crippen LogP contribution in [0, 0.1) is 22.7 Å². The number of halogens is 1. The van der Waals surface area contributed by atoms with Crippen LogP contribution in [0.1, 0.15) is 140 Å². The molecule has 2 unspecified atom stereocenters. The second-order valence-corrected chi connectivity index (χ2v) is 20.6. The van der Waals surface area contributed by atoms with Crippen LogP contribution in [-0.4, -0.2) is 77.3 Å². The summed E-state index contributed by atoms with van der Waals surface area (Å²) >= 11 is 6.53. The SMILES string of the molecule is CCCCCCCCCCCCCCCCCCOC[C@H](COP(=O)(Oc1ccccc1Cl)OC1[C@H]2O[C@@](C#N)(c3ccc4c(N)ncnn34)[C@@H]3OC(C)(C)O[C@]123)OCc1ccc(C#N)c(OC)c1. The van der Waals surface area contributed by atoms with Crippen LogP contribution < -0.4 is 15.0 Å². The third kappa shape index (κ3) is 12.6. The third-order valence-corrected chi connectivity index (χ3v) is 14.7. The Morgan fingerprint density at radius 1 is 0.884 bits per heavy atom. The lowest BCUT2D eigenvalue weighted by Gasteiger charge is -2.31. The van der Waals surface area contributed by atoms with Crippen LogP contribution in [0.2, 0.25) is 5.02 Å². The minimum Gasteiger partial charge on any atom is -0.495 e. The number of fused-ring (bicyclic) bond motifs is 1. The summed E-state index contributed by atoms with van der Waals surface area (Å²) in [5, 5.41) is 24.9. The van der Waals surface area contributed by atoms with Crippen molar-refractivity contribution < 1.29 is 46.6 Å². The van der Waals surface area contributed by atoms with Crippen molar-refractivity contribution in [2.24, 2.45) is 0 Å². The topological polar surface area (TPSA) is 204 Å². The van der Waals surface area contributed by atoms with Gasteiger partial charge in [-0.25, -0.2) is 14.1 Å². The van der Waals surface area contributed by atoms with E-state index < -0.39 is 49.2 Å². The van der Waals surface area contributed by atoms with E-state index in [1.807, 2.05) is 0 Å². The maximum atomic E-state index is 15.1. The molecule has 2 aromatic heterocycles. The molecule has 7 atom stereocenters. The van der Waals surface area contributed by atoms with Crippen LogP contribution in [0.3, 0.4) is 0 Å².